The van der Waals surface area contributed by atoms with Gasteiger partial charge in [-0.2, -0.15) is 0 Å². The Kier molecular flexibility index (Phi) is 22.4. The molecule has 8 heterocycles. The van der Waals surface area contributed by atoms with Gasteiger partial charge in [-0.25, -0.2) is 24.7 Å². The minimum atomic E-state index is -0.553. The Hall–Kier alpha value is -11.4. The predicted octanol–water partition coefficient (Wildman–Crippen LogP) is 16.0. The molecule has 0 atom stereocenters. The van der Waals surface area contributed by atoms with E-state index in [1.54, 1.807) is 11.0 Å². The number of anilines is 4. The summed E-state index contributed by atoms with van der Waals surface area (Å²) in [5, 5.41) is 9.14. The lowest BCUT2D eigenvalue weighted by atomic mass is 10.0. The molecular formula is C84H88ClN11O10. The average molecular weight is 1450 g/mol. The van der Waals surface area contributed by atoms with E-state index >= 15 is 0 Å². The zero-order chi connectivity index (χ0) is 73.8. The van der Waals surface area contributed by atoms with Crippen LogP contribution in [0.5, 0.6) is 0 Å². The van der Waals surface area contributed by atoms with E-state index in [1.165, 1.54) is 0 Å². The van der Waals surface area contributed by atoms with Crippen LogP contribution in [0, 0.1) is 54.4 Å². The highest BCUT2D eigenvalue weighted by atomic mass is 35.5. The van der Waals surface area contributed by atoms with Crippen LogP contribution in [0.3, 0.4) is 0 Å². The summed E-state index contributed by atoms with van der Waals surface area (Å²) < 4.78 is 28.5. The minimum Gasteiger partial charge on any atom is -0.444 e. The van der Waals surface area contributed by atoms with Gasteiger partial charge in [-0.15, -0.1) is 12.4 Å². The fourth-order valence-electron chi connectivity index (χ4n) is 13.6. The topological polar surface area (TPSA) is 271 Å². The molecule has 1 fully saturated rings. The molecule has 1 saturated carbocycles. The molecule has 5 N–H and O–H groups in total. The summed E-state index contributed by atoms with van der Waals surface area (Å²) in [4.78, 5) is 87.5. The summed E-state index contributed by atoms with van der Waals surface area (Å²) in [5.74, 6) is 6.00. The maximum Gasteiger partial charge on any atom is 0.407 e. The number of carbonyl (C=O) groups is 5. The number of alkyl carbamates (subject to hydrolysis) is 1. The van der Waals surface area contributed by atoms with Crippen LogP contribution in [0.2, 0.25) is 0 Å². The molecule has 0 unspecified atom stereocenters. The fourth-order valence-corrected chi connectivity index (χ4v) is 13.6. The number of oxazole rings is 4. The van der Waals surface area contributed by atoms with Gasteiger partial charge in [-0.1, -0.05) is 66.7 Å². The van der Waals surface area contributed by atoms with Crippen molar-refractivity contribution in [3.8, 4) is 45.3 Å². The summed E-state index contributed by atoms with van der Waals surface area (Å²) in [7, 11) is 0. The van der Waals surface area contributed by atoms with Crippen molar-refractivity contribution in [2.45, 2.75) is 133 Å². The normalized spacial score (nSPS) is 13.6. The smallest absolute Gasteiger partial charge is 0.407 e. The Bertz CT molecular complexity index is 5110. The number of nitrogens with two attached hydrogens (primary N) is 1. The second-order valence-corrected chi connectivity index (χ2v) is 27.9. The van der Waals surface area contributed by atoms with Crippen LogP contribution in [-0.2, 0) is 54.8 Å². The lowest BCUT2D eigenvalue weighted by Gasteiger charge is -2.23. The van der Waals surface area contributed by atoms with Crippen molar-refractivity contribution in [3.05, 3.63) is 248 Å². The monoisotopic (exact) mass is 1450 g/mol. The van der Waals surface area contributed by atoms with Gasteiger partial charge in [-0.05, 0) is 173 Å². The Labute approximate surface area is 622 Å². The highest BCUT2D eigenvalue weighted by Gasteiger charge is 2.33. The molecule has 11 aromatic rings. The predicted molar refractivity (Wildman–Crippen MR) is 411 cm³/mol. The Balaban J connectivity index is 0.000000136. The number of aryl methyl sites for hydroxylation is 7. The molecule has 0 bridgehead atoms. The number of ether oxygens (including phenoxy) is 1. The number of hydrogen-bond donors (Lipinski definition) is 4. The number of aromatic nitrogens is 4. The van der Waals surface area contributed by atoms with Crippen LogP contribution in [0.25, 0.3) is 45.3 Å². The number of carbonyl (C=O) groups excluding carboxylic acids is 5. The molecule has 16 rings (SSSR count). The first-order valence-electron chi connectivity index (χ1n) is 35.7. The maximum absolute atomic E-state index is 13.5. The number of rotatable bonds is 9. The maximum atomic E-state index is 13.5. The van der Waals surface area contributed by atoms with Crippen molar-refractivity contribution in [2.75, 3.05) is 46.2 Å². The summed E-state index contributed by atoms with van der Waals surface area (Å²) in [6.07, 6.45) is 4.34. The van der Waals surface area contributed by atoms with E-state index in [9.17, 15) is 24.0 Å². The second kappa shape index (κ2) is 31.9. The van der Waals surface area contributed by atoms with Gasteiger partial charge < -0.3 is 58.8 Å². The molecule has 546 valence electrons. The summed E-state index contributed by atoms with van der Waals surface area (Å²) >= 11 is 0. The largest absolute Gasteiger partial charge is 0.444 e. The lowest BCUT2D eigenvalue weighted by Crippen LogP contribution is -2.33. The number of benzene rings is 7. The Morgan fingerprint density at radius 1 is 0.472 bits per heavy atom. The van der Waals surface area contributed by atoms with Gasteiger partial charge in [-0.3, -0.25) is 19.2 Å². The van der Waals surface area contributed by atoms with Crippen LogP contribution in [0.1, 0.15) is 144 Å². The summed E-state index contributed by atoms with van der Waals surface area (Å²) in [5.41, 5.74) is 24.2. The highest BCUT2D eigenvalue weighted by molar-refractivity contribution is 6.10. The first kappa shape index (κ1) is 74.3. The molecular weight excluding hydrogens is 1360 g/mol. The summed E-state index contributed by atoms with van der Waals surface area (Å²) in [6.45, 7) is 22.6. The molecule has 7 aromatic carbocycles. The van der Waals surface area contributed by atoms with Gasteiger partial charge >= 0.3 is 6.09 Å². The quantitative estimate of drug-likeness (QED) is 0.105. The van der Waals surface area contributed by atoms with Crippen molar-refractivity contribution in [2.24, 2.45) is 11.7 Å². The number of hydrogen-bond acceptors (Lipinski definition) is 16. The van der Waals surface area contributed by atoms with Gasteiger partial charge in [0.05, 0.1) is 39.8 Å². The Morgan fingerprint density at radius 2 is 0.821 bits per heavy atom. The second-order valence-electron chi connectivity index (χ2n) is 27.9. The molecule has 4 aliphatic heterocycles. The molecule has 106 heavy (non-hydrogen) atoms. The van der Waals surface area contributed by atoms with Crippen molar-refractivity contribution in [3.63, 3.8) is 0 Å². The molecule has 22 heteroatoms. The van der Waals surface area contributed by atoms with Gasteiger partial charge in [0, 0.05) is 150 Å². The zero-order valence-electron chi connectivity index (χ0n) is 61.4. The molecule has 0 saturated heterocycles. The molecule has 5 amide bonds. The average Bonchev–Trinajstić information content (AvgIpc) is 1.62. The first-order chi connectivity index (χ1) is 50.6. The minimum absolute atomic E-state index is 0. The van der Waals surface area contributed by atoms with Crippen molar-refractivity contribution < 1.29 is 46.4 Å². The zero-order valence-corrected chi connectivity index (χ0v) is 62.2. The number of fused-ring (bicyclic) bond motifs is 12. The van der Waals surface area contributed by atoms with Crippen LogP contribution in [-0.4, -0.2) is 81.4 Å². The molecule has 21 nitrogen and oxygen atoms in total. The lowest BCUT2D eigenvalue weighted by molar-refractivity contribution is -0.122. The number of nitrogens with zero attached hydrogens (tertiary/aromatic N) is 7. The molecule has 0 radical (unpaired) electrons. The number of nitrogens with one attached hydrogen (secondary N) is 3. The summed E-state index contributed by atoms with van der Waals surface area (Å²) in [6, 6.07) is 48.5. The van der Waals surface area contributed by atoms with E-state index in [0.717, 1.165) is 156 Å². The first-order valence-corrected chi connectivity index (χ1v) is 35.7. The van der Waals surface area contributed by atoms with Gasteiger partial charge in [0.2, 0.25) is 5.91 Å². The molecule has 4 aromatic heterocycles. The molecule has 1 aliphatic carbocycles. The van der Waals surface area contributed by atoms with E-state index in [-0.39, 0.29) is 42.0 Å². The van der Waals surface area contributed by atoms with E-state index in [4.69, 9.17) is 28.1 Å². The SMILES string of the molecule is Cc1nc2c(o1)-c1ccccc1N(C(=O)c1ccc(CN)c(C)c1)CC2.Cc1nc2c(o1)-c1ccccc1N(C(=O)c1ccc(CNC(=O)C3CC3)c(C)c1)CC2.Cc1nc2c(o1)-c1ccccc1N(C(=O)c1ccc(CNC(=O)OC(C)(C)C)c(C)c1)CC2.Cc1nc2c(o1)-c1ccccc1NCC2.Cl. The van der Waals surface area contributed by atoms with E-state index in [1.807, 2.05) is 212 Å². The van der Waals surface area contributed by atoms with Crippen LogP contribution in [0.4, 0.5) is 27.5 Å². The van der Waals surface area contributed by atoms with E-state index < -0.39 is 11.7 Å². The van der Waals surface area contributed by atoms with E-state index in [0.29, 0.717) is 92.9 Å². The van der Waals surface area contributed by atoms with Gasteiger partial charge in [0.25, 0.3) is 17.7 Å². The fraction of sp³-hybridized carbons (Fsp3) is 0.298. The van der Waals surface area contributed by atoms with Gasteiger partial charge in [0.15, 0.2) is 46.6 Å². The van der Waals surface area contributed by atoms with Crippen molar-refractivity contribution in [1.29, 1.82) is 0 Å². The molecule has 0 spiro atoms. The third-order valence-corrected chi connectivity index (χ3v) is 19.0. The van der Waals surface area contributed by atoms with Gasteiger partial charge in [0.1, 0.15) is 5.60 Å². The number of para-hydroxylation sites is 4. The highest BCUT2D eigenvalue weighted by Crippen LogP contribution is 2.42. The van der Waals surface area contributed by atoms with Crippen LogP contribution >= 0.6 is 12.4 Å². The van der Waals surface area contributed by atoms with Crippen molar-refractivity contribution >= 4 is 64.9 Å². The standard InChI is InChI=1S/C26H29N3O4.C25H25N3O3.C21H21N3O2.C12H12N2O.ClH/c1-16-14-18(10-11-19(16)15-27-25(31)33-26(3,4)5)24(30)29-13-12-21-23(32-17(2)28-21)20-8-6-7-9-22(20)29;1-15-13-18(9-10-19(15)14-26-24(29)17-7-8-17)25(30)28-12-11-21-23(31-16(2)27-21)20-5-3-4-6-22(20)28;1-13-11-15(7-8-16(13)12-22)21(25)24-10-9-18-20(26-14(2)23-18)17-5-3-4-6-19(17)24;1-8-14-11-6-7-13-10-5-3-2-4-9(10)12(11)15-8;/h6-11,14H,12-13,15H2,1-5H3,(H,27,31);3-6,9-10,13,17H,7-8,11-12,14H2,1-2H3,(H,26,29);3-8,11H,9-10,12,22H2,1-2H3;2-5,13H,6-7H2,1H3;1H. The van der Waals surface area contributed by atoms with Crippen LogP contribution in [0.15, 0.2) is 169 Å². The number of amides is 5. The third kappa shape index (κ3) is 16.6. The van der Waals surface area contributed by atoms with Crippen LogP contribution < -0.4 is 36.4 Å². The Morgan fingerprint density at radius 3 is 1.20 bits per heavy atom. The van der Waals surface area contributed by atoms with Crippen molar-refractivity contribution in [1.82, 2.24) is 30.6 Å². The van der Waals surface area contributed by atoms with E-state index in [2.05, 4.69) is 48.0 Å². The number of halogens is 1. The third-order valence-electron chi connectivity index (χ3n) is 19.0. The molecule has 5 aliphatic rings.